The highest BCUT2D eigenvalue weighted by molar-refractivity contribution is 5.41. The summed E-state index contributed by atoms with van der Waals surface area (Å²) in [6, 6.07) is 0.248. The van der Waals surface area contributed by atoms with Crippen molar-refractivity contribution in [1.29, 1.82) is 0 Å². The van der Waals surface area contributed by atoms with E-state index < -0.39 is 0 Å². The number of pyridine rings is 1. The van der Waals surface area contributed by atoms with Crippen LogP contribution >= 0.6 is 0 Å². The molecular weight excluding hydrogens is 212 g/mol. The van der Waals surface area contributed by atoms with E-state index >= 15 is 0 Å². The van der Waals surface area contributed by atoms with E-state index in [0.29, 0.717) is 5.92 Å². The average Bonchev–Trinajstić information content (AvgIpc) is 2.22. The number of aromatic nitrogens is 1. The van der Waals surface area contributed by atoms with Gasteiger partial charge >= 0.3 is 0 Å². The van der Waals surface area contributed by atoms with Crippen LogP contribution in [0.25, 0.3) is 0 Å². The first kappa shape index (κ1) is 14.0. The lowest BCUT2D eigenvalue weighted by Gasteiger charge is -2.17. The van der Waals surface area contributed by atoms with Gasteiger partial charge in [0.25, 0.3) is 0 Å². The van der Waals surface area contributed by atoms with Crippen LogP contribution in [0.3, 0.4) is 0 Å². The number of hydrogen-bond donors (Lipinski definition) is 1. The Labute approximate surface area is 104 Å². The van der Waals surface area contributed by atoms with Gasteiger partial charge in [0, 0.05) is 29.1 Å². The maximum Gasteiger partial charge on any atom is 0.128 e. The van der Waals surface area contributed by atoms with E-state index in [1.807, 2.05) is 20.0 Å². The van der Waals surface area contributed by atoms with Crippen molar-refractivity contribution in [2.45, 2.75) is 46.6 Å². The number of ether oxygens (including phenoxy) is 1. The van der Waals surface area contributed by atoms with Crippen LogP contribution in [0.1, 0.15) is 37.1 Å². The molecule has 3 nitrogen and oxygen atoms in total. The Bertz CT molecular complexity index is 375. The minimum absolute atomic E-state index is 0.248. The molecule has 2 atom stereocenters. The van der Waals surface area contributed by atoms with Gasteiger partial charge in [-0.3, -0.25) is 4.98 Å². The second-order valence-electron chi connectivity index (χ2n) is 5.07. The molecule has 0 aliphatic rings. The molecule has 2 N–H and O–H groups in total. The van der Waals surface area contributed by atoms with E-state index in [9.17, 15) is 0 Å². The minimum atomic E-state index is 0.248. The standard InChI is InChI=1S/C14H24N2O/c1-9(6-11(3)15)7-13-12(4)14(17-5)10(2)8-16-13/h8-9,11H,6-7,15H2,1-5H3. The van der Waals surface area contributed by atoms with Gasteiger partial charge in [-0.1, -0.05) is 6.92 Å². The smallest absolute Gasteiger partial charge is 0.128 e. The van der Waals surface area contributed by atoms with Gasteiger partial charge in [-0.05, 0) is 39.5 Å². The number of aryl methyl sites for hydroxylation is 1. The Morgan fingerprint density at radius 2 is 2.00 bits per heavy atom. The molecule has 0 amide bonds. The third-order valence-electron chi connectivity index (χ3n) is 3.07. The summed E-state index contributed by atoms with van der Waals surface area (Å²) >= 11 is 0. The van der Waals surface area contributed by atoms with Gasteiger partial charge in [0.05, 0.1) is 7.11 Å². The molecule has 0 saturated carbocycles. The summed E-state index contributed by atoms with van der Waals surface area (Å²) in [5.41, 5.74) is 9.19. The molecule has 96 valence electrons. The maximum atomic E-state index is 5.82. The number of nitrogens with zero attached hydrogens (tertiary/aromatic N) is 1. The first-order valence-electron chi connectivity index (χ1n) is 6.20. The third kappa shape index (κ3) is 3.70. The highest BCUT2D eigenvalue weighted by Gasteiger charge is 2.13. The molecule has 17 heavy (non-hydrogen) atoms. The van der Waals surface area contributed by atoms with Gasteiger partial charge in [-0.25, -0.2) is 0 Å². The van der Waals surface area contributed by atoms with E-state index in [1.54, 1.807) is 7.11 Å². The summed E-state index contributed by atoms with van der Waals surface area (Å²) in [4.78, 5) is 4.51. The zero-order valence-electron chi connectivity index (χ0n) is 11.6. The molecule has 0 aromatic carbocycles. The van der Waals surface area contributed by atoms with Crippen LogP contribution in [0.15, 0.2) is 6.20 Å². The first-order chi connectivity index (χ1) is 7.95. The first-order valence-corrected chi connectivity index (χ1v) is 6.20. The fraction of sp³-hybridized carbons (Fsp3) is 0.643. The Kier molecular flexibility index (Phi) is 4.94. The van der Waals surface area contributed by atoms with Crippen LogP contribution in [-0.2, 0) is 6.42 Å². The number of rotatable bonds is 5. The van der Waals surface area contributed by atoms with Crippen molar-refractivity contribution < 1.29 is 4.74 Å². The zero-order valence-corrected chi connectivity index (χ0v) is 11.6. The summed E-state index contributed by atoms with van der Waals surface area (Å²) in [6.07, 6.45) is 3.88. The van der Waals surface area contributed by atoms with E-state index in [0.717, 1.165) is 35.4 Å². The lowest BCUT2D eigenvalue weighted by Crippen LogP contribution is -2.19. The van der Waals surface area contributed by atoms with Crippen molar-refractivity contribution >= 4 is 0 Å². The van der Waals surface area contributed by atoms with Crippen molar-refractivity contribution in [3.63, 3.8) is 0 Å². The van der Waals surface area contributed by atoms with Gasteiger partial charge in [0.2, 0.25) is 0 Å². The van der Waals surface area contributed by atoms with E-state index in [1.165, 1.54) is 0 Å². The van der Waals surface area contributed by atoms with E-state index in [-0.39, 0.29) is 6.04 Å². The Hall–Kier alpha value is -1.09. The lowest BCUT2D eigenvalue weighted by molar-refractivity contribution is 0.405. The van der Waals surface area contributed by atoms with Crippen LogP contribution in [0.4, 0.5) is 0 Å². The molecule has 0 bridgehead atoms. The van der Waals surface area contributed by atoms with Gasteiger partial charge in [-0.2, -0.15) is 0 Å². The lowest BCUT2D eigenvalue weighted by atomic mass is 9.95. The summed E-state index contributed by atoms with van der Waals surface area (Å²) in [7, 11) is 1.71. The quantitative estimate of drug-likeness (QED) is 0.855. The molecule has 1 aromatic heterocycles. The predicted molar refractivity (Wildman–Crippen MR) is 71.4 cm³/mol. The van der Waals surface area contributed by atoms with Crippen LogP contribution in [-0.4, -0.2) is 18.1 Å². The molecule has 0 saturated heterocycles. The fourth-order valence-corrected chi connectivity index (χ4v) is 2.32. The van der Waals surface area contributed by atoms with Crippen molar-refractivity contribution in [1.82, 2.24) is 4.98 Å². The second kappa shape index (κ2) is 6.01. The van der Waals surface area contributed by atoms with Crippen molar-refractivity contribution in [3.8, 4) is 5.75 Å². The van der Waals surface area contributed by atoms with Crippen molar-refractivity contribution in [2.75, 3.05) is 7.11 Å². The molecule has 0 aliphatic carbocycles. The molecular formula is C14H24N2O. The molecule has 1 rings (SSSR count). The molecule has 0 aliphatic heterocycles. The van der Waals surface area contributed by atoms with Gasteiger partial charge < -0.3 is 10.5 Å². The Balaban J connectivity index is 2.85. The summed E-state index contributed by atoms with van der Waals surface area (Å²) in [5, 5.41) is 0. The van der Waals surface area contributed by atoms with Crippen LogP contribution in [0.2, 0.25) is 0 Å². The molecule has 0 spiro atoms. The molecule has 2 unspecified atom stereocenters. The third-order valence-corrected chi connectivity index (χ3v) is 3.07. The number of hydrogen-bond acceptors (Lipinski definition) is 3. The monoisotopic (exact) mass is 236 g/mol. The highest BCUT2D eigenvalue weighted by Crippen LogP contribution is 2.26. The largest absolute Gasteiger partial charge is 0.496 e. The summed E-state index contributed by atoms with van der Waals surface area (Å²) in [6.45, 7) is 8.37. The normalized spacial score (nSPS) is 14.5. The summed E-state index contributed by atoms with van der Waals surface area (Å²) < 4.78 is 5.41. The van der Waals surface area contributed by atoms with Crippen molar-refractivity contribution in [2.24, 2.45) is 11.7 Å². The second-order valence-corrected chi connectivity index (χ2v) is 5.07. The van der Waals surface area contributed by atoms with Gasteiger partial charge in [0.1, 0.15) is 5.75 Å². The predicted octanol–water partition coefficient (Wildman–Crippen LogP) is 2.62. The Morgan fingerprint density at radius 1 is 1.35 bits per heavy atom. The van der Waals surface area contributed by atoms with Gasteiger partial charge in [-0.15, -0.1) is 0 Å². The minimum Gasteiger partial charge on any atom is -0.496 e. The Morgan fingerprint density at radius 3 is 2.53 bits per heavy atom. The van der Waals surface area contributed by atoms with Crippen molar-refractivity contribution in [3.05, 3.63) is 23.0 Å². The molecule has 0 radical (unpaired) electrons. The number of methoxy groups -OCH3 is 1. The molecule has 3 heteroatoms. The number of nitrogens with two attached hydrogens (primary N) is 1. The fourth-order valence-electron chi connectivity index (χ4n) is 2.32. The maximum absolute atomic E-state index is 5.82. The average molecular weight is 236 g/mol. The topological polar surface area (TPSA) is 48.1 Å². The molecule has 0 fully saturated rings. The highest BCUT2D eigenvalue weighted by atomic mass is 16.5. The van der Waals surface area contributed by atoms with E-state index in [4.69, 9.17) is 10.5 Å². The molecule has 1 heterocycles. The summed E-state index contributed by atoms with van der Waals surface area (Å²) in [5.74, 6) is 1.51. The van der Waals surface area contributed by atoms with Crippen LogP contribution in [0, 0.1) is 19.8 Å². The molecule has 1 aromatic rings. The van der Waals surface area contributed by atoms with E-state index in [2.05, 4.69) is 18.8 Å². The van der Waals surface area contributed by atoms with Crippen LogP contribution in [0.5, 0.6) is 5.75 Å². The SMILES string of the molecule is COc1c(C)cnc(CC(C)CC(C)N)c1C. The van der Waals surface area contributed by atoms with Crippen LogP contribution < -0.4 is 10.5 Å². The zero-order chi connectivity index (χ0) is 13.0. The van der Waals surface area contributed by atoms with Gasteiger partial charge in [0.15, 0.2) is 0 Å².